The monoisotopic (exact) mass is 404 g/mol. The molecule has 2 aromatic rings. The van der Waals surface area contributed by atoms with Gasteiger partial charge in [-0.05, 0) is 54.2 Å². The summed E-state index contributed by atoms with van der Waals surface area (Å²) >= 11 is 1.44. The van der Waals surface area contributed by atoms with E-state index in [2.05, 4.69) is 26.0 Å². The molecule has 0 bridgehead atoms. The number of fused-ring (bicyclic) bond motifs is 1. The number of hydrogen-bond acceptors (Lipinski definition) is 4. The third-order valence-corrected chi connectivity index (χ3v) is 8.67. The van der Waals surface area contributed by atoms with E-state index in [1.807, 2.05) is 30.5 Å². The van der Waals surface area contributed by atoms with E-state index >= 15 is 0 Å². The molecule has 1 N–H and O–H groups in total. The fourth-order valence-corrected chi connectivity index (χ4v) is 7.26. The summed E-state index contributed by atoms with van der Waals surface area (Å²) in [7, 11) is -3.48. The maximum Gasteiger partial charge on any atom is 0.179 e. The van der Waals surface area contributed by atoms with Crippen molar-refractivity contribution in [2.24, 2.45) is 5.41 Å². The maximum atomic E-state index is 13.4. The molecule has 1 aliphatic rings. The van der Waals surface area contributed by atoms with E-state index in [1.165, 1.54) is 17.8 Å². The molecule has 0 saturated carbocycles. The quantitative estimate of drug-likeness (QED) is 0.657. The van der Waals surface area contributed by atoms with Gasteiger partial charge in [0, 0.05) is 10.8 Å². The predicted molar refractivity (Wildman–Crippen MR) is 112 cm³/mol. The summed E-state index contributed by atoms with van der Waals surface area (Å²) in [4.78, 5) is 1.03. The highest BCUT2D eigenvalue weighted by Crippen LogP contribution is 2.49. The van der Waals surface area contributed by atoms with Crippen molar-refractivity contribution >= 4 is 21.6 Å². The van der Waals surface area contributed by atoms with Gasteiger partial charge in [0.1, 0.15) is 5.75 Å². The second-order valence-corrected chi connectivity index (χ2v) is 10.4. The Balaban J connectivity index is 2.29. The first-order chi connectivity index (χ1) is 12.9. The van der Waals surface area contributed by atoms with Crippen molar-refractivity contribution in [3.05, 3.63) is 53.6 Å². The first kappa shape index (κ1) is 20.3. The maximum absolute atomic E-state index is 13.4. The molecule has 2 aromatic carbocycles. The van der Waals surface area contributed by atoms with Crippen LogP contribution in [0.4, 0.5) is 0 Å². The van der Waals surface area contributed by atoms with Crippen molar-refractivity contribution in [1.82, 2.24) is 0 Å². The Kier molecular flexibility index (Phi) is 5.92. The van der Waals surface area contributed by atoms with Gasteiger partial charge in [-0.15, -0.1) is 11.8 Å². The van der Waals surface area contributed by atoms with Gasteiger partial charge >= 0.3 is 0 Å². The SMILES string of the molecule is CCCC1(CC)CC(c2ccccc2)c2cc(SC)c(O)cc2S(=O)(=O)C1. The molecular formula is C22H28O3S2. The molecule has 3 rings (SSSR count). The lowest BCUT2D eigenvalue weighted by Crippen LogP contribution is -2.29. The van der Waals surface area contributed by atoms with E-state index in [0.29, 0.717) is 4.90 Å². The number of benzene rings is 2. The van der Waals surface area contributed by atoms with Gasteiger partial charge in [0.05, 0.1) is 10.6 Å². The summed E-state index contributed by atoms with van der Waals surface area (Å²) in [6.07, 6.45) is 5.40. The smallest absolute Gasteiger partial charge is 0.179 e. The number of aromatic hydroxyl groups is 1. The molecule has 1 heterocycles. The van der Waals surface area contributed by atoms with Gasteiger partial charge in [-0.25, -0.2) is 8.42 Å². The third kappa shape index (κ3) is 3.90. The van der Waals surface area contributed by atoms with Gasteiger partial charge in [0.25, 0.3) is 0 Å². The number of phenols is 1. The molecular weight excluding hydrogens is 376 g/mol. The highest BCUT2D eigenvalue weighted by atomic mass is 32.2. The van der Waals surface area contributed by atoms with Gasteiger partial charge in [-0.2, -0.15) is 0 Å². The van der Waals surface area contributed by atoms with Crippen molar-refractivity contribution in [3.63, 3.8) is 0 Å². The van der Waals surface area contributed by atoms with Crippen LogP contribution in [0, 0.1) is 5.41 Å². The third-order valence-electron chi connectivity index (χ3n) is 5.89. The summed E-state index contributed by atoms with van der Waals surface area (Å²) in [5, 5.41) is 10.4. The van der Waals surface area contributed by atoms with E-state index in [4.69, 9.17) is 0 Å². The standard InChI is InChI=1S/C22H28O3S2/c1-4-11-22(5-2)14-18(16-9-7-6-8-10-16)17-12-20(26-3)19(23)13-21(17)27(24,25)15-22/h6-10,12-13,18,23H,4-5,11,14-15H2,1-3H3. The highest BCUT2D eigenvalue weighted by molar-refractivity contribution is 7.98. The zero-order valence-corrected chi connectivity index (χ0v) is 17.9. The Bertz CT molecular complexity index is 907. The van der Waals surface area contributed by atoms with Crippen LogP contribution >= 0.6 is 11.8 Å². The number of rotatable bonds is 5. The fraction of sp³-hybridized carbons (Fsp3) is 0.455. The van der Waals surface area contributed by atoms with Crippen molar-refractivity contribution in [2.45, 2.75) is 55.2 Å². The van der Waals surface area contributed by atoms with Crippen LogP contribution in [0.1, 0.15) is 56.6 Å². The minimum atomic E-state index is -3.48. The van der Waals surface area contributed by atoms with E-state index in [0.717, 1.165) is 41.7 Å². The normalized spacial score (nSPS) is 24.2. The summed E-state index contributed by atoms with van der Waals surface area (Å²) in [6, 6.07) is 13.6. The summed E-state index contributed by atoms with van der Waals surface area (Å²) in [5.41, 5.74) is 1.72. The minimum absolute atomic E-state index is 0.0106. The van der Waals surface area contributed by atoms with Crippen molar-refractivity contribution in [3.8, 4) is 5.75 Å². The number of thioether (sulfide) groups is 1. The fourth-order valence-electron chi connectivity index (χ4n) is 4.46. The Labute approximate surface area is 167 Å². The lowest BCUT2D eigenvalue weighted by atomic mass is 9.72. The molecule has 0 amide bonds. The van der Waals surface area contributed by atoms with E-state index in [9.17, 15) is 13.5 Å². The average molecular weight is 405 g/mol. The van der Waals surface area contributed by atoms with Crippen LogP contribution in [0.25, 0.3) is 0 Å². The van der Waals surface area contributed by atoms with Gasteiger partial charge in [-0.3, -0.25) is 0 Å². The molecule has 1 aliphatic heterocycles. The van der Waals surface area contributed by atoms with Gasteiger partial charge in [0.2, 0.25) is 0 Å². The molecule has 2 unspecified atom stereocenters. The van der Waals surface area contributed by atoms with E-state index in [-0.39, 0.29) is 22.8 Å². The van der Waals surface area contributed by atoms with Crippen LogP contribution < -0.4 is 0 Å². The Morgan fingerprint density at radius 1 is 1.19 bits per heavy atom. The molecule has 0 fully saturated rings. The molecule has 0 aromatic heterocycles. The zero-order valence-electron chi connectivity index (χ0n) is 16.2. The van der Waals surface area contributed by atoms with E-state index < -0.39 is 9.84 Å². The zero-order chi connectivity index (χ0) is 19.7. The van der Waals surface area contributed by atoms with Crippen molar-refractivity contribution in [1.29, 1.82) is 0 Å². The van der Waals surface area contributed by atoms with Gasteiger partial charge < -0.3 is 5.11 Å². The minimum Gasteiger partial charge on any atom is -0.507 e. The molecule has 0 saturated heterocycles. The first-order valence-corrected chi connectivity index (χ1v) is 12.4. The van der Waals surface area contributed by atoms with Gasteiger partial charge in [-0.1, -0.05) is 50.6 Å². The highest BCUT2D eigenvalue weighted by Gasteiger charge is 2.42. The van der Waals surface area contributed by atoms with Crippen LogP contribution in [0.3, 0.4) is 0 Å². The number of phenolic OH excluding ortho intramolecular Hbond substituents is 1. The van der Waals surface area contributed by atoms with Gasteiger partial charge in [0.15, 0.2) is 9.84 Å². The second kappa shape index (κ2) is 7.88. The van der Waals surface area contributed by atoms with Crippen LogP contribution in [0.5, 0.6) is 5.75 Å². The molecule has 146 valence electrons. The largest absolute Gasteiger partial charge is 0.507 e. The first-order valence-electron chi connectivity index (χ1n) is 9.54. The average Bonchev–Trinajstić information content (AvgIpc) is 2.75. The van der Waals surface area contributed by atoms with Crippen molar-refractivity contribution < 1.29 is 13.5 Å². The van der Waals surface area contributed by atoms with E-state index in [1.54, 1.807) is 0 Å². The van der Waals surface area contributed by atoms with Crippen LogP contribution in [-0.2, 0) is 9.84 Å². The lowest BCUT2D eigenvalue weighted by Gasteiger charge is -2.33. The Morgan fingerprint density at radius 3 is 2.48 bits per heavy atom. The summed E-state index contributed by atoms with van der Waals surface area (Å²) in [5.74, 6) is 0.214. The second-order valence-electron chi connectivity index (χ2n) is 7.59. The molecule has 27 heavy (non-hydrogen) atoms. The Hall–Kier alpha value is -1.46. The van der Waals surface area contributed by atoms with Crippen LogP contribution in [-0.4, -0.2) is 25.5 Å². The molecule has 5 heteroatoms. The lowest BCUT2D eigenvalue weighted by molar-refractivity contribution is 0.252. The Morgan fingerprint density at radius 2 is 1.89 bits per heavy atom. The van der Waals surface area contributed by atoms with Crippen LogP contribution in [0.15, 0.2) is 52.3 Å². The molecule has 2 atom stereocenters. The van der Waals surface area contributed by atoms with Crippen LogP contribution in [0.2, 0.25) is 0 Å². The molecule has 0 radical (unpaired) electrons. The number of sulfone groups is 1. The summed E-state index contributed by atoms with van der Waals surface area (Å²) in [6.45, 7) is 4.23. The topological polar surface area (TPSA) is 54.4 Å². The molecule has 0 aliphatic carbocycles. The van der Waals surface area contributed by atoms with Crippen molar-refractivity contribution in [2.75, 3.05) is 12.0 Å². The molecule has 0 spiro atoms. The summed E-state index contributed by atoms with van der Waals surface area (Å²) < 4.78 is 26.7. The molecule has 3 nitrogen and oxygen atoms in total. The number of hydrogen-bond donors (Lipinski definition) is 1. The predicted octanol–water partition coefficient (Wildman–Crippen LogP) is 5.62.